The van der Waals surface area contributed by atoms with Gasteiger partial charge in [0.1, 0.15) is 0 Å². The minimum Gasteiger partial charge on any atom is -0.652 e. The fourth-order valence-electron chi connectivity index (χ4n) is 1.78. The van der Waals surface area contributed by atoms with Crippen molar-refractivity contribution in [3.8, 4) is 0 Å². The van der Waals surface area contributed by atoms with Gasteiger partial charge >= 0.3 is 58.2 Å². The first-order valence-electron chi connectivity index (χ1n) is 6.19. The molecule has 2 rings (SSSR count). The van der Waals surface area contributed by atoms with Gasteiger partial charge in [-0.25, -0.2) is 0 Å². The van der Waals surface area contributed by atoms with Crippen molar-refractivity contribution in [2.24, 2.45) is 4.99 Å². The van der Waals surface area contributed by atoms with Crippen LogP contribution in [0.25, 0.3) is 5.32 Å². The van der Waals surface area contributed by atoms with Crippen LogP contribution in [0, 0.1) is 0 Å². The quantitative estimate of drug-likeness (QED) is 0.814. The molecule has 0 atom stereocenters. The number of allylic oxidation sites excluding steroid dienone is 4. The summed E-state index contributed by atoms with van der Waals surface area (Å²) in [5.74, 6) is -0.233. The zero-order chi connectivity index (χ0) is 14.5. The summed E-state index contributed by atoms with van der Waals surface area (Å²) in [6.07, 6.45) is 7.57. The fraction of sp³-hybridized carbons (Fsp3) is 0.125. The first kappa shape index (κ1) is 18.8. The molecule has 3 nitrogen and oxygen atoms in total. The standard InChI is InChI=1S/C16H16N2OS.Rb/c1-4-6-14-11(5-2)10-18-13-9-12(16(19)17-3)7-8-15(13)20-14;/h4-10H,2H2,1,3H3,(H,17,19);/q;+1/p-1/b6-4-;. The second-order valence-corrected chi connectivity index (χ2v) is 5.18. The predicted octanol–water partition coefficient (Wildman–Crippen LogP) is 1.66. The Morgan fingerprint density at radius 2 is 2.19 bits per heavy atom. The van der Waals surface area contributed by atoms with Crippen LogP contribution in [-0.4, -0.2) is 19.2 Å². The number of hydrogen-bond donors (Lipinski definition) is 0. The topological polar surface area (TPSA) is 43.5 Å². The van der Waals surface area contributed by atoms with Crippen LogP contribution in [0.1, 0.15) is 17.3 Å². The van der Waals surface area contributed by atoms with Crippen LogP contribution in [0.3, 0.4) is 0 Å². The molecule has 5 heteroatoms. The van der Waals surface area contributed by atoms with Crippen molar-refractivity contribution >= 4 is 29.6 Å². The third-order valence-electron chi connectivity index (χ3n) is 2.79. The number of carbonyl (C=O) groups is 1. The number of thioether (sulfide) groups is 1. The second-order valence-electron chi connectivity index (χ2n) is 4.10. The molecule has 0 aliphatic carbocycles. The summed E-state index contributed by atoms with van der Waals surface area (Å²) in [6, 6.07) is 5.46. The van der Waals surface area contributed by atoms with Crippen molar-refractivity contribution in [2.45, 2.75) is 11.8 Å². The average molecular weight is 369 g/mol. The number of nitrogens with zero attached hydrogens (tertiary/aromatic N) is 2. The molecule has 0 unspecified atom stereocenters. The van der Waals surface area contributed by atoms with Gasteiger partial charge in [-0.2, -0.15) is 0 Å². The van der Waals surface area contributed by atoms with Crippen LogP contribution < -0.4 is 58.2 Å². The number of rotatable bonds is 3. The summed E-state index contributed by atoms with van der Waals surface area (Å²) in [4.78, 5) is 18.2. The van der Waals surface area contributed by atoms with E-state index in [2.05, 4.69) is 16.9 Å². The van der Waals surface area contributed by atoms with E-state index in [-0.39, 0.29) is 64.1 Å². The molecule has 1 aromatic rings. The van der Waals surface area contributed by atoms with Crippen LogP contribution in [0.15, 0.2) is 63.4 Å². The van der Waals surface area contributed by atoms with Crippen molar-refractivity contribution in [1.82, 2.24) is 0 Å². The van der Waals surface area contributed by atoms with Crippen molar-refractivity contribution in [1.29, 1.82) is 0 Å². The first-order chi connectivity index (χ1) is 9.69. The van der Waals surface area contributed by atoms with Gasteiger partial charge in [-0.1, -0.05) is 42.6 Å². The van der Waals surface area contributed by atoms with Crippen molar-refractivity contribution < 1.29 is 63.0 Å². The van der Waals surface area contributed by atoms with Crippen LogP contribution in [-0.2, 0) is 0 Å². The smallest absolute Gasteiger partial charge is 0.652 e. The predicted molar refractivity (Wildman–Crippen MR) is 86.1 cm³/mol. The van der Waals surface area contributed by atoms with Gasteiger partial charge in [0.05, 0.1) is 11.6 Å². The molecule has 1 amide bonds. The molecule has 0 aromatic heterocycles. The molecular weight excluding hydrogens is 354 g/mol. The molecule has 21 heavy (non-hydrogen) atoms. The summed E-state index contributed by atoms with van der Waals surface area (Å²) in [7, 11) is 1.49. The molecule has 1 heterocycles. The van der Waals surface area contributed by atoms with E-state index in [1.165, 1.54) is 7.05 Å². The molecule has 0 spiro atoms. The summed E-state index contributed by atoms with van der Waals surface area (Å²) in [5.41, 5.74) is 2.30. The molecule has 0 bridgehead atoms. The van der Waals surface area contributed by atoms with Crippen LogP contribution in [0.5, 0.6) is 0 Å². The Kier molecular flexibility index (Phi) is 8.05. The van der Waals surface area contributed by atoms with Crippen molar-refractivity contribution in [2.75, 3.05) is 7.05 Å². The van der Waals surface area contributed by atoms with Gasteiger partial charge in [0.15, 0.2) is 0 Å². The van der Waals surface area contributed by atoms with E-state index >= 15 is 0 Å². The number of hydrogen-bond acceptors (Lipinski definition) is 3. The molecule has 0 radical (unpaired) electrons. The minimum absolute atomic E-state index is 0. The maximum absolute atomic E-state index is 11.6. The van der Waals surface area contributed by atoms with E-state index in [4.69, 9.17) is 0 Å². The van der Waals surface area contributed by atoms with Gasteiger partial charge in [0.2, 0.25) is 0 Å². The minimum atomic E-state index is -0.233. The van der Waals surface area contributed by atoms with E-state index in [0.717, 1.165) is 21.1 Å². The number of amides is 1. The van der Waals surface area contributed by atoms with E-state index in [1.54, 1.807) is 36.2 Å². The molecule has 0 saturated carbocycles. The third kappa shape index (κ3) is 4.60. The second kappa shape index (κ2) is 9.01. The Bertz CT molecular complexity index is 648. The van der Waals surface area contributed by atoms with Gasteiger partial charge in [-0.15, -0.1) is 7.05 Å². The van der Waals surface area contributed by atoms with E-state index < -0.39 is 0 Å². The van der Waals surface area contributed by atoms with Crippen molar-refractivity contribution in [3.63, 3.8) is 0 Å². The molecule has 1 aliphatic heterocycles. The number of benzene rings is 1. The van der Waals surface area contributed by atoms with E-state index in [1.807, 2.05) is 25.1 Å². The summed E-state index contributed by atoms with van der Waals surface area (Å²) >= 11 is 1.62. The Labute approximate surface area is 178 Å². The Morgan fingerprint density at radius 1 is 1.43 bits per heavy atom. The largest absolute Gasteiger partial charge is 1.00 e. The molecule has 1 aromatic carbocycles. The molecule has 0 N–H and O–H groups in total. The van der Waals surface area contributed by atoms with Gasteiger partial charge in [0, 0.05) is 27.2 Å². The Morgan fingerprint density at radius 3 is 2.81 bits per heavy atom. The number of fused-ring (bicyclic) bond motifs is 1. The van der Waals surface area contributed by atoms with Crippen molar-refractivity contribution in [3.05, 3.63) is 64.4 Å². The van der Waals surface area contributed by atoms with Crippen LogP contribution in [0.2, 0.25) is 0 Å². The molecule has 0 fully saturated rings. The Balaban J connectivity index is 0.00000220. The van der Waals surface area contributed by atoms with Gasteiger partial charge in [-0.3, -0.25) is 4.99 Å². The zero-order valence-electron chi connectivity index (χ0n) is 12.5. The normalized spacial score (nSPS) is 13.4. The van der Waals surface area contributed by atoms with Gasteiger partial charge in [0.25, 0.3) is 0 Å². The fourth-order valence-corrected chi connectivity index (χ4v) is 2.83. The van der Waals surface area contributed by atoms with E-state index in [9.17, 15) is 4.79 Å². The van der Waals surface area contributed by atoms with Crippen LogP contribution in [0.4, 0.5) is 5.69 Å². The number of aliphatic imine (C=N–C) groups is 1. The van der Waals surface area contributed by atoms with E-state index in [0.29, 0.717) is 5.56 Å². The maximum atomic E-state index is 11.6. The number of carbonyl (C=O) groups excluding carboxylic acids is 1. The average Bonchev–Trinajstić information content (AvgIpc) is 2.65. The summed E-state index contributed by atoms with van der Waals surface area (Å²) < 4.78 is 0. The summed E-state index contributed by atoms with van der Waals surface area (Å²) in [5, 5.41) is 3.67. The third-order valence-corrected chi connectivity index (χ3v) is 3.95. The first-order valence-corrected chi connectivity index (χ1v) is 7.00. The molecule has 102 valence electrons. The molecular formula is C16H15N2ORbS. The maximum Gasteiger partial charge on any atom is 1.00 e. The van der Waals surface area contributed by atoms with Crippen LogP contribution >= 0.6 is 11.8 Å². The Hall–Kier alpha value is -0.265. The SMILES string of the molecule is C=CC1=C(/C=C\C)Sc2ccc(C(=O)[N-]C)cc2N=C1.[Rb+]. The monoisotopic (exact) mass is 368 g/mol. The summed E-state index contributed by atoms with van der Waals surface area (Å²) in [6.45, 7) is 5.79. The zero-order valence-corrected chi connectivity index (χ0v) is 18.2. The molecule has 1 aliphatic rings. The van der Waals surface area contributed by atoms with Gasteiger partial charge < -0.3 is 10.1 Å². The molecule has 0 saturated heterocycles. The van der Waals surface area contributed by atoms with Gasteiger partial charge in [-0.05, 0) is 19.1 Å².